The summed E-state index contributed by atoms with van der Waals surface area (Å²) in [5.74, 6) is -0.0720. The molecule has 0 aliphatic carbocycles. The molecule has 106 valence electrons. The monoisotopic (exact) mass is 313 g/mol. The van der Waals surface area contributed by atoms with Crippen LogP contribution in [0.1, 0.15) is 10.6 Å². The summed E-state index contributed by atoms with van der Waals surface area (Å²) in [6, 6.07) is 4.52. The SMILES string of the molecule is COc1cc(-c2nc3c(s2)CS(=O)(=O)CC3)ccc1F. The van der Waals surface area contributed by atoms with Crippen molar-refractivity contribution < 1.29 is 17.5 Å². The Balaban J connectivity index is 2.02. The molecule has 1 aromatic carbocycles. The predicted octanol–water partition coefficient (Wildman–Crippen LogP) is 2.43. The molecule has 0 amide bonds. The maximum Gasteiger partial charge on any atom is 0.165 e. The van der Waals surface area contributed by atoms with Crippen LogP contribution >= 0.6 is 11.3 Å². The number of thiazole rings is 1. The lowest BCUT2D eigenvalue weighted by molar-refractivity contribution is 0.387. The average Bonchev–Trinajstić information content (AvgIpc) is 2.80. The minimum Gasteiger partial charge on any atom is -0.494 e. The third-order valence-corrected chi connectivity index (χ3v) is 6.06. The topological polar surface area (TPSA) is 56.3 Å². The Kier molecular flexibility index (Phi) is 3.25. The van der Waals surface area contributed by atoms with Gasteiger partial charge in [0.25, 0.3) is 0 Å². The first-order valence-electron chi connectivity index (χ1n) is 6.01. The zero-order valence-corrected chi connectivity index (χ0v) is 12.4. The Morgan fingerprint density at radius 2 is 2.20 bits per heavy atom. The van der Waals surface area contributed by atoms with Crippen LogP contribution in [-0.2, 0) is 22.0 Å². The summed E-state index contributed by atoms with van der Waals surface area (Å²) in [5, 5.41) is 0.699. The molecule has 1 aromatic heterocycles. The van der Waals surface area contributed by atoms with Gasteiger partial charge in [-0.15, -0.1) is 11.3 Å². The van der Waals surface area contributed by atoms with E-state index in [0.717, 1.165) is 16.1 Å². The smallest absolute Gasteiger partial charge is 0.165 e. The number of hydrogen-bond acceptors (Lipinski definition) is 5. The van der Waals surface area contributed by atoms with Gasteiger partial charge < -0.3 is 4.74 Å². The predicted molar refractivity (Wildman–Crippen MR) is 75.3 cm³/mol. The molecule has 0 N–H and O–H groups in total. The van der Waals surface area contributed by atoms with Crippen LogP contribution < -0.4 is 4.74 Å². The minimum absolute atomic E-state index is 0.0539. The highest BCUT2D eigenvalue weighted by Gasteiger charge is 2.25. The van der Waals surface area contributed by atoms with Gasteiger partial charge in [-0.2, -0.15) is 0 Å². The first kappa shape index (κ1) is 13.5. The van der Waals surface area contributed by atoms with E-state index in [1.54, 1.807) is 12.1 Å². The molecule has 0 saturated heterocycles. The van der Waals surface area contributed by atoms with E-state index in [4.69, 9.17) is 4.74 Å². The van der Waals surface area contributed by atoms with Gasteiger partial charge in [-0.25, -0.2) is 17.8 Å². The summed E-state index contributed by atoms with van der Waals surface area (Å²) in [4.78, 5) is 5.25. The van der Waals surface area contributed by atoms with E-state index >= 15 is 0 Å². The molecular formula is C13H12FNO3S2. The van der Waals surface area contributed by atoms with Gasteiger partial charge >= 0.3 is 0 Å². The summed E-state index contributed by atoms with van der Waals surface area (Å²) in [5.41, 5.74) is 1.57. The summed E-state index contributed by atoms with van der Waals surface area (Å²) >= 11 is 1.35. The van der Waals surface area contributed by atoms with Crippen molar-refractivity contribution in [3.63, 3.8) is 0 Å². The summed E-state index contributed by atoms with van der Waals surface area (Å²) in [6.07, 6.45) is 0.451. The molecule has 7 heteroatoms. The van der Waals surface area contributed by atoms with Crippen LogP contribution in [0.15, 0.2) is 18.2 Å². The molecule has 0 bridgehead atoms. The van der Waals surface area contributed by atoms with Crippen molar-refractivity contribution in [2.24, 2.45) is 0 Å². The maximum absolute atomic E-state index is 13.4. The van der Waals surface area contributed by atoms with Gasteiger partial charge in [0.05, 0.1) is 24.3 Å². The van der Waals surface area contributed by atoms with E-state index in [1.165, 1.54) is 24.5 Å². The average molecular weight is 313 g/mol. The molecule has 1 aliphatic rings. The molecular weight excluding hydrogens is 301 g/mol. The lowest BCUT2D eigenvalue weighted by Gasteiger charge is -2.09. The fraction of sp³-hybridized carbons (Fsp3) is 0.308. The lowest BCUT2D eigenvalue weighted by atomic mass is 10.2. The van der Waals surface area contributed by atoms with Gasteiger partial charge in [0.2, 0.25) is 0 Å². The van der Waals surface area contributed by atoms with Gasteiger partial charge in [0.15, 0.2) is 21.4 Å². The van der Waals surface area contributed by atoms with Crippen molar-refractivity contribution in [3.8, 4) is 16.3 Å². The van der Waals surface area contributed by atoms with Gasteiger partial charge in [-0.05, 0) is 18.2 Å². The molecule has 2 heterocycles. The minimum atomic E-state index is -3.00. The van der Waals surface area contributed by atoms with Crippen molar-refractivity contribution in [3.05, 3.63) is 34.6 Å². The van der Waals surface area contributed by atoms with Gasteiger partial charge in [0, 0.05) is 16.9 Å². The normalized spacial score (nSPS) is 16.7. The molecule has 0 radical (unpaired) electrons. The number of ether oxygens (including phenoxy) is 1. The maximum atomic E-state index is 13.4. The molecule has 0 atom stereocenters. The Hall–Kier alpha value is -1.47. The Morgan fingerprint density at radius 1 is 1.40 bits per heavy atom. The number of aryl methyl sites for hydroxylation is 1. The van der Waals surface area contributed by atoms with Crippen LogP contribution in [-0.4, -0.2) is 26.3 Å². The molecule has 0 fully saturated rings. The number of halogens is 1. The van der Waals surface area contributed by atoms with Crippen LogP contribution in [0, 0.1) is 5.82 Å². The molecule has 0 unspecified atom stereocenters. The van der Waals surface area contributed by atoms with Gasteiger partial charge in [-0.1, -0.05) is 0 Å². The number of rotatable bonds is 2. The Labute approximate surface area is 120 Å². The highest BCUT2D eigenvalue weighted by Crippen LogP contribution is 2.34. The fourth-order valence-electron chi connectivity index (χ4n) is 2.13. The second kappa shape index (κ2) is 4.82. The molecule has 0 saturated carbocycles. The molecule has 4 nitrogen and oxygen atoms in total. The van der Waals surface area contributed by atoms with Crippen LogP contribution in [0.2, 0.25) is 0 Å². The van der Waals surface area contributed by atoms with Crippen LogP contribution in [0.5, 0.6) is 5.75 Å². The molecule has 3 rings (SSSR count). The molecule has 20 heavy (non-hydrogen) atoms. The number of benzene rings is 1. The first-order valence-corrected chi connectivity index (χ1v) is 8.65. The standard InChI is InChI=1S/C13H12FNO3S2/c1-18-11-6-8(2-3-9(11)14)13-15-10-4-5-20(16,17)7-12(10)19-13/h2-3,6H,4-5,7H2,1H3. The second-order valence-corrected chi connectivity index (χ2v) is 7.85. The van der Waals surface area contributed by atoms with Crippen LogP contribution in [0.4, 0.5) is 4.39 Å². The van der Waals surface area contributed by atoms with E-state index < -0.39 is 15.7 Å². The number of methoxy groups -OCH3 is 1. The number of hydrogen-bond donors (Lipinski definition) is 0. The zero-order valence-electron chi connectivity index (χ0n) is 10.7. The quantitative estimate of drug-likeness (QED) is 0.854. The third-order valence-electron chi connectivity index (χ3n) is 3.18. The summed E-state index contributed by atoms with van der Waals surface area (Å²) < 4.78 is 41.6. The van der Waals surface area contributed by atoms with Gasteiger partial charge in [-0.3, -0.25) is 0 Å². The third kappa shape index (κ3) is 2.43. The number of fused-ring (bicyclic) bond motifs is 1. The number of sulfone groups is 1. The molecule has 2 aromatic rings. The van der Waals surface area contributed by atoms with Crippen molar-refractivity contribution in [1.29, 1.82) is 0 Å². The number of nitrogens with zero attached hydrogens (tertiary/aromatic N) is 1. The Bertz CT molecular complexity index is 768. The first-order chi connectivity index (χ1) is 9.48. The van der Waals surface area contributed by atoms with Crippen molar-refractivity contribution in [2.45, 2.75) is 12.2 Å². The summed E-state index contributed by atoms with van der Waals surface area (Å²) in [6.45, 7) is 0. The van der Waals surface area contributed by atoms with E-state index in [0.29, 0.717) is 11.4 Å². The zero-order chi connectivity index (χ0) is 14.3. The van der Waals surface area contributed by atoms with E-state index in [-0.39, 0.29) is 17.3 Å². The van der Waals surface area contributed by atoms with Crippen molar-refractivity contribution >= 4 is 21.2 Å². The highest BCUT2D eigenvalue weighted by molar-refractivity contribution is 7.90. The van der Waals surface area contributed by atoms with Gasteiger partial charge in [0.1, 0.15) is 5.01 Å². The van der Waals surface area contributed by atoms with Crippen LogP contribution in [0.3, 0.4) is 0 Å². The lowest BCUT2D eigenvalue weighted by Crippen LogP contribution is -2.17. The Morgan fingerprint density at radius 3 is 2.95 bits per heavy atom. The van der Waals surface area contributed by atoms with Crippen molar-refractivity contribution in [1.82, 2.24) is 4.98 Å². The van der Waals surface area contributed by atoms with E-state index in [1.807, 2.05) is 0 Å². The number of aromatic nitrogens is 1. The second-order valence-electron chi connectivity index (χ2n) is 4.58. The van der Waals surface area contributed by atoms with Crippen molar-refractivity contribution in [2.75, 3.05) is 12.9 Å². The largest absolute Gasteiger partial charge is 0.494 e. The van der Waals surface area contributed by atoms with Crippen LogP contribution in [0.25, 0.3) is 10.6 Å². The fourth-order valence-corrected chi connectivity index (χ4v) is 5.02. The van der Waals surface area contributed by atoms with E-state index in [2.05, 4.69) is 4.98 Å². The molecule has 0 spiro atoms. The molecule has 1 aliphatic heterocycles. The highest BCUT2D eigenvalue weighted by atomic mass is 32.2. The van der Waals surface area contributed by atoms with E-state index in [9.17, 15) is 12.8 Å². The summed E-state index contributed by atoms with van der Waals surface area (Å²) in [7, 11) is -1.59.